The van der Waals surface area contributed by atoms with E-state index in [2.05, 4.69) is 46.3 Å². The second kappa shape index (κ2) is 8.95. The molecule has 156 valence electrons. The van der Waals surface area contributed by atoms with Crippen LogP contribution < -0.4 is 10.2 Å². The third kappa shape index (κ3) is 4.78. The van der Waals surface area contributed by atoms with Crippen molar-refractivity contribution in [2.45, 2.75) is 50.5 Å². The lowest BCUT2D eigenvalue weighted by Gasteiger charge is -2.22. The smallest absolute Gasteiger partial charge is 0.255 e. The van der Waals surface area contributed by atoms with Crippen molar-refractivity contribution < 1.29 is 6.22 Å². The molecule has 1 saturated heterocycles. The molecular weight excluding hydrogens is 360 g/mol. The number of nitrogens with zero attached hydrogens (tertiary/aromatic N) is 3. The summed E-state index contributed by atoms with van der Waals surface area (Å²) in [7, 11) is 4.25. The zero-order chi connectivity index (χ0) is 20.2. The van der Waals surface area contributed by atoms with Crippen molar-refractivity contribution in [3.63, 3.8) is 0 Å². The van der Waals surface area contributed by atoms with Crippen LogP contribution in [0.3, 0.4) is 0 Å². The van der Waals surface area contributed by atoms with Gasteiger partial charge >= 0.3 is 0 Å². The van der Waals surface area contributed by atoms with Crippen LogP contribution in [-0.4, -0.2) is 49.0 Å². The minimum atomic E-state index is -0.0800. The van der Waals surface area contributed by atoms with E-state index < -0.39 is 0 Å². The van der Waals surface area contributed by atoms with Gasteiger partial charge in [0.15, 0.2) is 0 Å². The molecule has 1 N–H and O–H groups in total. The Kier molecular flexibility index (Phi) is 6.14. The fourth-order valence-electron chi connectivity index (χ4n) is 4.56. The van der Waals surface area contributed by atoms with Crippen LogP contribution in [0.5, 0.6) is 0 Å². The highest BCUT2D eigenvalue weighted by atomic mass is 16.1. The summed E-state index contributed by atoms with van der Waals surface area (Å²) in [4.78, 5) is 21.8. The molecule has 1 aliphatic heterocycles. The summed E-state index contributed by atoms with van der Waals surface area (Å²) < 4.78 is 0. The second-order valence-electron chi connectivity index (χ2n) is 8.67. The monoisotopic (exact) mass is 394 g/mol. The first-order valence-electron chi connectivity index (χ1n) is 10.9. The van der Waals surface area contributed by atoms with Gasteiger partial charge in [-0.2, -0.15) is 0 Å². The minimum Gasteiger partial charge on any atom is -0.355 e. The van der Waals surface area contributed by atoms with Crippen molar-refractivity contribution in [2.24, 2.45) is 0 Å². The van der Waals surface area contributed by atoms with E-state index in [4.69, 9.17) is 0 Å². The Bertz CT molecular complexity index is 816. The topological polar surface area (TPSA) is 48.5 Å². The lowest BCUT2D eigenvalue weighted by atomic mass is 9.84. The fraction of sp³-hybridized carbons (Fsp3) is 0.500. The molecule has 2 aromatic rings. The van der Waals surface area contributed by atoms with Crippen molar-refractivity contribution in [1.82, 2.24) is 9.88 Å². The molecule has 0 radical (unpaired) electrons. The SMILES string of the molecule is CN(C)C1CCN(c2ccc(NC(=O)c3ccc(C4CCCCC4)cc3)cn2)C1.[HH]. The van der Waals surface area contributed by atoms with Gasteiger partial charge in [0.2, 0.25) is 0 Å². The number of nitrogens with one attached hydrogen (secondary N) is 1. The first kappa shape index (κ1) is 19.9. The molecule has 2 heterocycles. The van der Waals surface area contributed by atoms with E-state index in [1.165, 1.54) is 37.7 Å². The summed E-state index contributed by atoms with van der Waals surface area (Å²) in [5.74, 6) is 1.56. The number of carbonyl (C=O) groups is 1. The van der Waals surface area contributed by atoms with Crippen molar-refractivity contribution >= 4 is 17.4 Å². The Morgan fingerprint density at radius 2 is 1.83 bits per heavy atom. The number of hydrogen-bond donors (Lipinski definition) is 1. The summed E-state index contributed by atoms with van der Waals surface area (Å²) in [5, 5.41) is 2.97. The van der Waals surface area contributed by atoms with E-state index in [9.17, 15) is 4.79 Å². The lowest BCUT2D eigenvalue weighted by molar-refractivity contribution is 0.102. The Morgan fingerprint density at radius 3 is 2.45 bits per heavy atom. The normalized spacial score (nSPS) is 20.2. The first-order chi connectivity index (χ1) is 14.1. The molecule has 1 aromatic carbocycles. The maximum atomic E-state index is 12.6. The van der Waals surface area contributed by atoms with Gasteiger partial charge in [0.25, 0.3) is 5.91 Å². The van der Waals surface area contributed by atoms with Crippen molar-refractivity contribution in [3.8, 4) is 0 Å². The summed E-state index contributed by atoms with van der Waals surface area (Å²) in [6, 6.07) is 12.7. The van der Waals surface area contributed by atoms with Crippen LogP contribution in [-0.2, 0) is 0 Å². The third-order valence-electron chi connectivity index (χ3n) is 6.47. The van der Waals surface area contributed by atoms with Crippen LogP contribution in [0.25, 0.3) is 0 Å². The minimum absolute atomic E-state index is 0. The maximum absolute atomic E-state index is 12.6. The van der Waals surface area contributed by atoms with E-state index in [-0.39, 0.29) is 7.33 Å². The zero-order valence-electron chi connectivity index (χ0n) is 17.6. The molecule has 5 nitrogen and oxygen atoms in total. The molecule has 1 atom stereocenters. The summed E-state index contributed by atoms with van der Waals surface area (Å²) in [6.45, 7) is 2.02. The standard InChI is InChI=1S/C24H32N4O.H2/c1-27(2)22-14-15-28(17-22)23-13-12-21(16-25-23)26-24(29)20-10-8-19(9-11-20)18-6-4-3-5-7-18;/h8-13,16,18,22H,3-7,14-15,17H2,1-2H3,(H,26,29);1H. The average molecular weight is 395 g/mol. The van der Waals surface area contributed by atoms with Crippen LogP contribution in [0.4, 0.5) is 11.5 Å². The number of aromatic nitrogens is 1. The van der Waals surface area contributed by atoms with E-state index in [0.29, 0.717) is 17.5 Å². The molecule has 1 saturated carbocycles. The molecule has 0 bridgehead atoms. The highest BCUT2D eigenvalue weighted by Crippen LogP contribution is 2.32. The van der Waals surface area contributed by atoms with E-state index in [0.717, 1.165) is 31.0 Å². The molecule has 2 fully saturated rings. The van der Waals surface area contributed by atoms with Gasteiger partial charge in [-0.1, -0.05) is 31.4 Å². The van der Waals surface area contributed by atoms with Crippen molar-refractivity contribution in [2.75, 3.05) is 37.4 Å². The highest BCUT2D eigenvalue weighted by Gasteiger charge is 2.24. The molecule has 0 spiro atoms. The predicted octanol–water partition coefficient (Wildman–Crippen LogP) is 4.77. The molecule has 4 rings (SSSR count). The van der Waals surface area contributed by atoms with Gasteiger partial charge in [-0.15, -0.1) is 0 Å². The van der Waals surface area contributed by atoms with Crippen LogP contribution in [0.2, 0.25) is 0 Å². The quantitative estimate of drug-likeness (QED) is 0.794. The molecule has 5 heteroatoms. The van der Waals surface area contributed by atoms with E-state index in [1.54, 1.807) is 6.20 Å². The van der Waals surface area contributed by atoms with Gasteiger partial charge in [0.05, 0.1) is 11.9 Å². The lowest BCUT2D eigenvalue weighted by Crippen LogP contribution is -2.31. The van der Waals surface area contributed by atoms with Crippen LogP contribution in [0.15, 0.2) is 42.6 Å². The molecule has 29 heavy (non-hydrogen) atoms. The Morgan fingerprint density at radius 1 is 1.07 bits per heavy atom. The number of likely N-dealkylation sites (N-methyl/N-ethyl adjacent to an activating group) is 1. The molecule has 1 aliphatic carbocycles. The van der Waals surface area contributed by atoms with Gasteiger partial charge in [-0.05, 0) is 69.1 Å². The zero-order valence-corrected chi connectivity index (χ0v) is 17.6. The van der Waals surface area contributed by atoms with E-state index in [1.807, 2.05) is 24.3 Å². The average Bonchev–Trinajstić information content (AvgIpc) is 3.26. The highest BCUT2D eigenvalue weighted by molar-refractivity contribution is 6.04. The second-order valence-corrected chi connectivity index (χ2v) is 8.67. The predicted molar refractivity (Wildman–Crippen MR) is 121 cm³/mol. The molecule has 2 aliphatic rings. The number of benzene rings is 1. The number of hydrogen-bond acceptors (Lipinski definition) is 4. The maximum Gasteiger partial charge on any atom is 0.255 e. The van der Waals surface area contributed by atoms with Crippen molar-refractivity contribution in [3.05, 3.63) is 53.7 Å². The van der Waals surface area contributed by atoms with Gasteiger partial charge in [-0.25, -0.2) is 4.98 Å². The summed E-state index contributed by atoms with van der Waals surface area (Å²) >= 11 is 0. The molecular formula is C24H34N4O. The van der Waals surface area contributed by atoms with Gasteiger partial charge in [-0.3, -0.25) is 4.79 Å². The summed E-state index contributed by atoms with van der Waals surface area (Å²) in [5.41, 5.74) is 2.80. The van der Waals surface area contributed by atoms with Crippen LogP contribution in [0, 0.1) is 0 Å². The Hall–Kier alpha value is -2.40. The summed E-state index contributed by atoms with van der Waals surface area (Å²) in [6.07, 6.45) is 9.46. The van der Waals surface area contributed by atoms with Gasteiger partial charge in [0, 0.05) is 26.1 Å². The number of pyridine rings is 1. The molecule has 1 unspecified atom stereocenters. The Balaban J connectivity index is 0.00000256. The van der Waals surface area contributed by atoms with Crippen molar-refractivity contribution in [1.29, 1.82) is 0 Å². The largest absolute Gasteiger partial charge is 0.355 e. The Labute approximate surface area is 175 Å². The molecule has 1 aromatic heterocycles. The number of amides is 1. The molecule has 1 amide bonds. The van der Waals surface area contributed by atoms with Gasteiger partial charge < -0.3 is 15.1 Å². The van der Waals surface area contributed by atoms with E-state index >= 15 is 0 Å². The van der Waals surface area contributed by atoms with Gasteiger partial charge in [0.1, 0.15) is 5.82 Å². The number of anilines is 2. The third-order valence-corrected chi connectivity index (χ3v) is 6.47. The fourth-order valence-corrected chi connectivity index (χ4v) is 4.56. The number of carbonyl (C=O) groups excluding carboxylic acids is 1. The number of rotatable bonds is 5. The van der Waals surface area contributed by atoms with Crippen LogP contribution in [0.1, 0.15) is 61.8 Å². The first-order valence-corrected chi connectivity index (χ1v) is 10.9. The van der Waals surface area contributed by atoms with Crippen LogP contribution >= 0.6 is 0 Å².